The summed E-state index contributed by atoms with van der Waals surface area (Å²) in [6, 6.07) is 28.4. The number of fused-ring (bicyclic) bond motifs is 3. The molecule has 33 heavy (non-hydrogen) atoms. The van der Waals surface area contributed by atoms with Gasteiger partial charge in [-0.25, -0.2) is 9.67 Å². The summed E-state index contributed by atoms with van der Waals surface area (Å²) in [6.45, 7) is 0. The normalized spacial score (nSPS) is 11.3. The van der Waals surface area contributed by atoms with Gasteiger partial charge in [0.05, 0.1) is 11.1 Å². The van der Waals surface area contributed by atoms with E-state index >= 15 is 0 Å². The number of benzene rings is 3. The summed E-state index contributed by atoms with van der Waals surface area (Å²) in [4.78, 5) is 6.88. The van der Waals surface area contributed by atoms with Crippen molar-refractivity contribution in [2.75, 3.05) is 19.0 Å². The van der Waals surface area contributed by atoms with Gasteiger partial charge in [0.2, 0.25) is 0 Å². The third-order valence-electron chi connectivity index (χ3n) is 5.77. The van der Waals surface area contributed by atoms with Crippen molar-refractivity contribution >= 4 is 22.4 Å². The van der Waals surface area contributed by atoms with Gasteiger partial charge in [0.1, 0.15) is 12.0 Å². The van der Waals surface area contributed by atoms with Crippen molar-refractivity contribution in [2.24, 2.45) is 0 Å². The van der Waals surface area contributed by atoms with Gasteiger partial charge in [0, 0.05) is 30.9 Å². The van der Waals surface area contributed by atoms with E-state index in [9.17, 15) is 0 Å². The number of anilines is 1. The molecular formula is C26H21N7. The van der Waals surface area contributed by atoms with E-state index in [1.165, 1.54) is 0 Å². The average molecular weight is 432 g/mol. The minimum atomic E-state index is 0.729. The van der Waals surface area contributed by atoms with Gasteiger partial charge in [-0.15, -0.1) is 10.2 Å². The van der Waals surface area contributed by atoms with E-state index < -0.39 is 0 Å². The molecule has 7 nitrogen and oxygen atoms in total. The van der Waals surface area contributed by atoms with Gasteiger partial charge >= 0.3 is 0 Å². The maximum atomic E-state index is 4.96. The summed E-state index contributed by atoms with van der Waals surface area (Å²) in [5.41, 5.74) is 6.36. The van der Waals surface area contributed by atoms with Crippen LogP contribution >= 0.6 is 0 Å². The highest BCUT2D eigenvalue weighted by atomic mass is 15.3. The molecule has 0 bridgehead atoms. The topological polar surface area (TPSA) is 64.1 Å². The van der Waals surface area contributed by atoms with Crippen LogP contribution in [-0.2, 0) is 0 Å². The van der Waals surface area contributed by atoms with Gasteiger partial charge in [0.25, 0.3) is 0 Å². The second-order valence-corrected chi connectivity index (χ2v) is 8.06. The second kappa shape index (κ2) is 7.56. The number of nitrogens with zero attached hydrogens (tertiary/aromatic N) is 7. The van der Waals surface area contributed by atoms with Crippen LogP contribution in [0.25, 0.3) is 45.0 Å². The first-order valence-corrected chi connectivity index (χ1v) is 10.7. The van der Waals surface area contributed by atoms with Crippen molar-refractivity contribution in [2.45, 2.75) is 0 Å². The van der Waals surface area contributed by atoms with Crippen LogP contribution in [0.2, 0.25) is 0 Å². The first kappa shape index (κ1) is 19.2. The molecule has 7 heteroatoms. The molecule has 160 valence electrons. The van der Waals surface area contributed by atoms with Crippen LogP contribution in [0.15, 0.2) is 91.3 Å². The lowest BCUT2D eigenvalue weighted by molar-refractivity contribution is 0.897. The average Bonchev–Trinajstić information content (AvgIpc) is 3.47. The molecule has 0 amide bonds. The van der Waals surface area contributed by atoms with E-state index in [2.05, 4.69) is 51.5 Å². The SMILES string of the molecule is CN(C)c1ccc(-c2nnc3c4c(-c5ccccc5)nn(-c5ccccc5)c4ncn23)cc1. The predicted octanol–water partition coefficient (Wildman–Crippen LogP) is 4.86. The van der Waals surface area contributed by atoms with Gasteiger partial charge in [0.15, 0.2) is 17.1 Å². The standard InChI is InChI=1S/C26H21N7/c1-31(2)20-15-13-19(14-16-20)24-28-29-26-22-23(18-9-5-3-6-10-18)30-33(21-11-7-4-8-12-21)25(22)27-17-32(24)26/h3-17H,1-2H3. The van der Waals surface area contributed by atoms with Crippen LogP contribution < -0.4 is 4.90 Å². The van der Waals surface area contributed by atoms with Crippen LogP contribution in [0.3, 0.4) is 0 Å². The quantitative estimate of drug-likeness (QED) is 0.399. The first-order valence-electron chi connectivity index (χ1n) is 10.7. The van der Waals surface area contributed by atoms with Crippen molar-refractivity contribution in [1.82, 2.24) is 29.4 Å². The van der Waals surface area contributed by atoms with E-state index in [4.69, 9.17) is 10.1 Å². The Morgan fingerprint density at radius 3 is 2.09 bits per heavy atom. The molecule has 3 heterocycles. The summed E-state index contributed by atoms with van der Waals surface area (Å²) in [7, 11) is 4.05. The highest BCUT2D eigenvalue weighted by molar-refractivity contribution is 6.01. The molecule has 0 spiro atoms. The Kier molecular flexibility index (Phi) is 4.40. The molecule has 0 unspecified atom stereocenters. The number of hydrogen-bond acceptors (Lipinski definition) is 5. The van der Waals surface area contributed by atoms with Crippen LogP contribution in [0.5, 0.6) is 0 Å². The van der Waals surface area contributed by atoms with Crippen LogP contribution in [0.1, 0.15) is 0 Å². The molecule has 0 saturated carbocycles. The van der Waals surface area contributed by atoms with E-state index in [0.29, 0.717) is 0 Å². The van der Waals surface area contributed by atoms with E-state index in [-0.39, 0.29) is 0 Å². The summed E-state index contributed by atoms with van der Waals surface area (Å²) in [5.74, 6) is 0.746. The molecule has 6 aromatic rings. The lowest BCUT2D eigenvalue weighted by atomic mass is 10.1. The van der Waals surface area contributed by atoms with Gasteiger partial charge in [-0.2, -0.15) is 5.10 Å². The largest absolute Gasteiger partial charge is 0.378 e. The van der Waals surface area contributed by atoms with Crippen molar-refractivity contribution in [3.05, 3.63) is 91.3 Å². The van der Waals surface area contributed by atoms with Crippen molar-refractivity contribution < 1.29 is 0 Å². The summed E-state index contributed by atoms with van der Waals surface area (Å²) in [6.07, 6.45) is 1.78. The molecule has 0 aliphatic carbocycles. The van der Waals surface area contributed by atoms with Gasteiger partial charge < -0.3 is 4.90 Å². The van der Waals surface area contributed by atoms with E-state index in [1.807, 2.05) is 71.7 Å². The molecule has 6 rings (SSSR count). The number of hydrogen-bond donors (Lipinski definition) is 0. The van der Waals surface area contributed by atoms with Crippen molar-refractivity contribution in [3.63, 3.8) is 0 Å². The molecule has 0 N–H and O–H groups in total. The summed E-state index contributed by atoms with van der Waals surface area (Å²) >= 11 is 0. The molecule has 0 aliphatic rings. The second-order valence-electron chi connectivity index (χ2n) is 8.06. The Bertz CT molecular complexity index is 1560. The fraction of sp³-hybridized carbons (Fsp3) is 0.0769. The zero-order valence-corrected chi connectivity index (χ0v) is 18.3. The number of aromatic nitrogens is 6. The first-order chi connectivity index (χ1) is 16.2. The van der Waals surface area contributed by atoms with E-state index in [1.54, 1.807) is 6.33 Å². The molecular weight excluding hydrogens is 410 g/mol. The smallest absolute Gasteiger partial charge is 0.175 e. The third kappa shape index (κ3) is 3.13. The summed E-state index contributed by atoms with van der Waals surface area (Å²) < 4.78 is 3.81. The van der Waals surface area contributed by atoms with Crippen molar-refractivity contribution in [1.29, 1.82) is 0 Å². The monoisotopic (exact) mass is 431 g/mol. The highest BCUT2D eigenvalue weighted by Crippen LogP contribution is 2.32. The van der Waals surface area contributed by atoms with Gasteiger partial charge in [-0.1, -0.05) is 48.5 Å². The molecule has 0 atom stereocenters. The fourth-order valence-electron chi connectivity index (χ4n) is 4.07. The Morgan fingerprint density at radius 1 is 0.697 bits per heavy atom. The van der Waals surface area contributed by atoms with Crippen LogP contribution in [-0.4, -0.2) is 43.5 Å². The Labute approximate surface area is 190 Å². The van der Waals surface area contributed by atoms with E-state index in [0.717, 1.165) is 50.7 Å². The maximum absolute atomic E-state index is 4.96. The lowest BCUT2D eigenvalue weighted by Crippen LogP contribution is -2.08. The van der Waals surface area contributed by atoms with Crippen LogP contribution in [0.4, 0.5) is 5.69 Å². The molecule has 0 aliphatic heterocycles. The van der Waals surface area contributed by atoms with Crippen LogP contribution in [0, 0.1) is 0 Å². The predicted molar refractivity (Wildman–Crippen MR) is 131 cm³/mol. The molecule has 0 radical (unpaired) electrons. The molecule has 0 fully saturated rings. The third-order valence-corrected chi connectivity index (χ3v) is 5.77. The fourth-order valence-corrected chi connectivity index (χ4v) is 4.07. The Hall–Kier alpha value is -4.52. The van der Waals surface area contributed by atoms with Gasteiger partial charge in [-0.3, -0.25) is 4.40 Å². The Morgan fingerprint density at radius 2 is 1.39 bits per heavy atom. The van der Waals surface area contributed by atoms with Crippen molar-refractivity contribution in [3.8, 4) is 28.3 Å². The number of para-hydroxylation sites is 1. The zero-order valence-electron chi connectivity index (χ0n) is 18.3. The molecule has 3 aromatic heterocycles. The minimum absolute atomic E-state index is 0.729. The molecule has 3 aromatic carbocycles. The van der Waals surface area contributed by atoms with Gasteiger partial charge in [-0.05, 0) is 36.4 Å². The maximum Gasteiger partial charge on any atom is 0.175 e. The lowest BCUT2D eigenvalue weighted by Gasteiger charge is -2.12. The minimum Gasteiger partial charge on any atom is -0.378 e. The summed E-state index contributed by atoms with van der Waals surface area (Å²) in [5, 5.41) is 14.9. The Balaban J connectivity index is 1.61. The molecule has 0 saturated heterocycles. The highest BCUT2D eigenvalue weighted by Gasteiger charge is 2.21. The number of rotatable bonds is 4. The zero-order chi connectivity index (χ0) is 22.4.